The van der Waals surface area contributed by atoms with E-state index in [0.717, 1.165) is 6.26 Å². The first-order valence-corrected chi connectivity index (χ1v) is 12.1. The number of benzene rings is 1. The number of halogens is 2. The van der Waals surface area contributed by atoms with Crippen LogP contribution in [0.3, 0.4) is 0 Å². The van der Waals surface area contributed by atoms with Gasteiger partial charge in [0.05, 0.1) is 5.69 Å². The largest absolute Gasteiger partial charge is 0.435 e. The first kappa shape index (κ1) is 22.0. The molecule has 0 unspecified atom stereocenters. The van der Waals surface area contributed by atoms with E-state index < -0.39 is 22.4 Å². The molecule has 1 aliphatic rings. The van der Waals surface area contributed by atoms with Crippen LogP contribution in [0.25, 0.3) is 16.8 Å². The monoisotopic (exact) mass is 484 g/mol. The number of imidazole rings is 1. The molecule has 0 saturated heterocycles. The number of pyridine rings is 2. The van der Waals surface area contributed by atoms with E-state index >= 15 is 0 Å². The van der Waals surface area contributed by atoms with Crippen LogP contribution in [0.2, 0.25) is 0 Å². The van der Waals surface area contributed by atoms with Crippen molar-refractivity contribution in [1.29, 1.82) is 0 Å². The number of hydrogen-bond donors (Lipinski definition) is 1. The minimum absolute atomic E-state index is 0.0243. The number of carbonyl (C=O) groups excluding carboxylic acids is 1. The average Bonchev–Trinajstić information content (AvgIpc) is 3.19. The van der Waals surface area contributed by atoms with E-state index in [0.29, 0.717) is 28.0 Å². The molecule has 0 saturated carbocycles. The van der Waals surface area contributed by atoms with Crippen molar-refractivity contribution in [2.45, 2.75) is 17.6 Å². The predicted molar refractivity (Wildman–Crippen MR) is 119 cm³/mol. The lowest BCUT2D eigenvalue weighted by Gasteiger charge is -2.25. The number of hydrogen-bond acceptors (Lipinski definition) is 6. The third kappa shape index (κ3) is 3.87. The minimum Gasteiger partial charge on any atom is -0.435 e. The lowest BCUT2D eigenvalue weighted by molar-refractivity contribution is -0.0505. The summed E-state index contributed by atoms with van der Waals surface area (Å²) in [5, 5.41) is 2.73. The number of fused-ring (bicyclic) bond motifs is 3. The topological polar surface area (TPSA) is 103 Å². The van der Waals surface area contributed by atoms with Gasteiger partial charge in [-0.15, -0.1) is 0 Å². The van der Waals surface area contributed by atoms with Gasteiger partial charge in [0.2, 0.25) is 0 Å². The highest BCUT2D eigenvalue weighted by molar-refractivity contribution is 7.90. The number of sulfone groups is 1. The van der Waals surface area contributed by atoms with Crippen LogP contribution in [0.4, 0.5) is 8.78 Å². The Labute approximate surface area is 193 Å². The van der Waals surface area contributed by atoms with Gasteiger partial charge in [0.1, 0.15) is 11.4 Å². The van der Waals surface area contributed by atoms with Crippen molar-refractivity contribution in [2.75, 3.05) is 12.8 Å². The summed E-state index contributed by atoms with van der Waals surface area (Å²) < 4.78 is 55.9. The van der Waals surface area contributed by atoms with Crippen LogP contribution in [-0.4, -0.2) is 48.1 Å². The van der Waals surface area contributed by atoms with Crippen molar-refractivity contribution in [3.05, 3.63) is 77.9 Å². The van der Waals surface area contributed by atoms with Crippen LogP contribution in [0.15, 0.2) is 66.0 Å². The molecule has 1 aromatic carbocycles. The molecule has 174 valence electrons. The van der Waals surface area contributed by atoms with Gasteiger partial charge < -0.3 is 14.5 Å². The maximum Gasteiger partial charge on any atom is 0.387 e. The second kappa shape index (κ2) is 8.17. The van der Waals surface area contributed by atoms with E-state index in [-0.39, 0.29) is 28.9 Å². The van der Waals surface area contributed by atoms with Gasteiger partial charge in [-0.2, -0.15) is 8.78 Å². The molecule has 0 bridgehead atoms. The zero-order chi connectivity index (χ0) is 24.0. The number of nitrogens with zero attached hydrogens (tertiary/aromatic N) is 3. The molecule has 8 nitrogen and oxygen atoms in total. The van der Waals surface area contributed by atoms with Crippen LogP contribution in [0.1, 0.15) is 27.7 Å². The zero-order valence-electron chi connectivity index (χ0n) is 17.8. The lowest BCUT2D eigenvalue weighted by atomic mass is 9.90. The van der Waals surface area contributed by atoms with Gasteiger partial charge in [0.25, 0.3) is 5.91 Å². The van der Waals surface area contributed by atoms with E-state index in [1.54, 1.807) is 47.0 Å². The highest BCUT2D eigenvalue weighted by Gasteiger charge is 2.33. The number of nitrogens with one attached hydrogen (secondary N) is 1. The number of carbonyl (C=O) groups is 1. The Balaban J connectivity index is 1.65. The first-order chi connectivity index (χ1) is 16.2. The first-order valence-electron chi connectivity index (χ1n) is 10.2. The fraction of sp³-hybridized carbons (Fsp3) is 0.174. The number of amides is 1. The van der Waals surface area contributed by atoms with Gasteiger partial charge in [-0.25, -0.2) is 18.4 Å². The maximum atomic E-state index is 13.0. The van der Waals surface area contributed by atoms with Crippen molar-refractivity contribution >= 4 is 21.4 Å². The summed E-state index contributed by atoms with van der Waals surface area (Å²) >= 11 is 0. The summed E-state index contributed by atoms with van der Waals surface area (Å²) in [6, 6.07) is 13.0. The normalized spacial score (nSPS) is 15.9. The summed E-state index contributed by atoms with van der Waals surface area (Å²) in [5.41, 5.74) is 3.12. The Morgan fingerprint density at radius 3 is 2.59 bits per heavy atom. The maximum absolute atomic E-state index is 13.0. The molecule has 0 spiro atoms. The molecular formula is C23H18F2N4O4S. The molecule has 4 aromatic rings. The molecule has 0 fully saturated rings. The summed E-state index contributed by atoms with van der Waals surface area (Å²) in [5.74, 6) is -0.821. The van der Waals surface area contributed by atoms with Crippen molar-refractivity contribution in [3.8, 4) is 16.9 Å². The van der Waals surface area contributed by atoms with Gasteiger partial charge in [-0.1, -0.05) is 18.2 Å². The molecular weight excluding hydrogens is 466 g/mol. The highest BCUT2D eigenvalue weighted by atomic mass is 32.2. The summed E-state index contributed by atoms with van der Waals surface area (Å²) in [6.45, 7) is -2.81. The SMILES string of the molecule is CS(=O)(=O)c1ccc(-c2ccc3nc4c(n3c2)[C@@H](c2ccccc2OC(F)F)CNC4=O)cn1. The summed E-state index contributed by atoms with van der Waals surface area (Å²) in [4.78, 5) is 21.1. The van der Waals surface area contributed by atoms with Crippen molar-refractivity contribution in [3.63, 3.8) is 0 Å². The average molecular weight is 484 g/mol. The van der Waals surface area contributed by atoms with Gasteiger partial charge in [0, 0.05) is 47.8 Å². The molecule has 0 aliphatic carbocycles. The fourth-order valence-corrected chi connectivity index (χ4v) is 4.67. The number of para-hydroxylation sites is 1. The van der Waals surface area contributed by atoms with Gasteiger partial charge in [-0.3, -0.25) is 4.79 Å². The van der Waals surface area contributed by atoms with Crippen LogP contribution < -0.4 is 10.1 Å². The molecule has 5 rings (SSSR count). The van der Waals surface area contributed by atoms with E-state index in [1.165, 1.54) is 18.3 Å². The standard InChI is InChI=1S/C23H18F2N4O4S/c1-34(31,32)19-9-7-13(10-26-19)14-6-8-18-28-20-21(29(18)12-14)16(11-27-22(20)30)15-4-2-3-5-17(15)33-23(24)25/h2-10,12,16,23H,11H2,1H3,(H,27,30)/t16-/m1/s1. The molecule has 3 aromatic heterocycles. The van der Waals surface area contributed by atoms with Gasteiger partial charge >= 0.3 is 6.61 Å². The second-order valence-electron chi connectivity index (χ2n) is 7.83. The molecule has 4 heterocycles. The summed E-state index contributed by atoms with van der Waals surface area (Å²) in [7, 11) is -3.43. The van der Waals surface area contributed by atoms with E-state index in [9.17, 15) is 22.0 Å². The highest BCUT2D eigenvalue weighted by Crippen LogP contribution is 2.37. The third-order valence-corrected chi connectivity index (χ3v) is 6.63. The zero-order valence-corrected chi connectivity index (χ0v) is 18.6. The van der Waals surface area contributed by atoms with E-state index in [4.69, 9.17) is 4.74 Å². The lowest BCUT2D eigenvalue weighted by Crippen LogP contribution is -2.36. The molecule has 0 radical (unpaired) electrons. The van der Waals surface area contributed by atoms with Crippen molar-refractivity contribution < 1.29 is 26.7 Å². The van der Waals surface area contributed by atoms with Crippen LogP contribution in [0, 0.1) is 0 Å². The molecule has 1 N–H and O–H groups in total. The number of alkyl halides is 2. The quantitative estimate of drug-likeness (QED) is 0.467. The van der Waals surface area contributed by atoms with Gasteiger partial charge in [-0.05, 0) is 30.3 Å². The smallest absolute Gasteiger partial charge is 0.387 e. The third-order valence-electron chi connectivity index (χ3n) is 5.63. The molecule has 1 atom stereocenters. The van der Waals surface area contributed by atoms with E-state index in [1.807, 2.05) is 0 Å². The Kier molecular flexibility index (Phi) is 5.28. The molecule has 1 aliphatic heterocycles. The van der Waals surface area contributed by atoms with Crippen LogP contribution >= 0.6 is 0 Å². The number of aromatic nitrogens is 3. The van der Waals surface area contributed by atoms with E-state index in [2.05, 4.69) is 15.3 Å². The Bertz CT molecular complexity index is 1520. The number of ether oxygens (including phenoxy) is 1. The summed E-state index contributed by atoms with van der Waals surface area (Å²) in [6.07, 6.45) is 4.30. The Morgan fingerprint density at radius 2 is 1.88 bits per heavy atom. The number of rotatable bonds is 5. The molecule has 34 heavy (non-hydrogen) atoms. The van der Waals surface area contributed by atoms with Crippen molar-refractivity contribution in [1.82, 2.24) is 19.7 Å². The molecule has 1 amide bonds. The van der Waals surface area contributed by atoms with Crippen LogP contribution in [-0.2, 0) is 9.84 Å². The predicted octanol–water partition coefficient (Wildman–Crippen LogP) is 3.28. The van der Waals surface area contributed by atoms with Gasteiger partial charge in [0.15, 0.2) is 20.6 Å². The fourth-order valence-electron chi connectivity index (χ4n) is 4.11. The van der Waals surface area contributed by atoms with Crippen molar-refractivity contribution in [2.24, 2.45) is 0 Å². The second-order valence-corrected chi connectivity index (χ2v) is 9.79. The van der Waals surface area contributed by atoms with Crippen LogP contribution in [0.5, 0.6) is 5.75 Å². The molecule has 11 heteroatoms. The minimum atomic E-state index is -3.43. The Hall–Kier alpha value is -3.86. The Morgan fingerprint density at radius 1 is 1.12 bits per heavy atom.